The van der Waals surface area contributed by atoms with Gasteiger partial charge in [0.1, 0.15) is 11.5 Å². The van der Waals surface area contributed by atoms with Crippen molar-refractivity contribution in [2.75, 3.05) is 26.7 Å². The highest BCUT2D eigenvalue weighted by molar-refractivity contribution is 5.80. The van der Waals surface area contributed by atoms with Crippen LogP contribution in [0.5, 0.6) is 11.5 Å². The third-order valence-corrected chi connectivity index (χ3v) is 6.29. The van der Waals surface area contributed by atoms with E-state index in [1.165, 1.54) is 18.4 Å². The molecule has 4 rings (SSSR count). The Morgan fingerprint density at radius 2 is 2.10 bits per heavy atom. The molecule has 7 heteroatoms. The summed E-state index contributed by atoms with van der Waals surface area (Å²) in [5, 5.41) is 7.81. The summed E-state index contributed by atoms with van der Waals surface area (Å²) < 4.78 is 13.7. The maximum Gasteiger partial charge on any atom is 0.194 e. The molecule has 0 spiro atoms. The Morgan fingerprint density at radius 1 is 1.26 bits per heavy atom. The van der Waals surface area contributed by atoms with Crippen molar-refractivity contribution in [3.05, 3.63) is 41.7 Å². The van der Waals surface area contributed by atoms with Crippen LogP contribution < -0.4 is 14.8 Å². The van der Waals surface area contributed by atoms with E-state index in [0.717, 1.165) is 61.9 Å². The third-order valence-electron chi connectivity index (χ3n) is 6.29. The highest BCUT2D eigenvalue weighted by Crippen LogP contribution is 2.31. The van der Waals surface area contributed by atoms with E-state index >= 15 is 0 Å². The second-order valence-corrected chi connectivity index (χ2v) is 8.55. The lowest BCUT2D eigenvalue weighted by Gasteiger charge is -2.22. The molecule has 0 radical (unpaired) electrons. The zero-order valence-corrected chi connectivity index (χ0v) is 19.0. The number of methoxy groups -OCH3 is 1. The maximum absolute atomic E-state index is 6.35. The van der Waals surface area contributed by atoms with Crippen LogP contribution in [0.4, 0.5) is 0 Å². The molecule has 31 heavy (non-hydrogen) atoms. The van der Waals surface area contributed by atoms with Gasteiger partial charge in [0.05, 0.1) is 26.0 Å². The number of benzene rings is 1. The predicted octanol–water partition coefficient (Wildman–Crippen LogP) is 3.71. The average molecular weight is 426 g/mol. The van der Waals surface area contributed by atoms with Gasteiger partial charge in [-0.1, -0.05) is 0 Å². The van der Waals surface area contributed by atoms with Gasteiger partial charge in [0.2, 0.25) is 0 Å². The van der Waals surface area contributed by atoms with Crippen LogP contribution in [-0.2, 0) is 13.6 Å². The summed E-state index contributed by atoms with van der Waals surface area (Å²) in [6.45, 7) is 5.51. The molecule has 1 aromatic heterocycles. The zero-order chi connectivity index (χ0) is 21.6. The Bertz CT molecular complexity index is 888. The minimum atomic E-state index is 0.307. The minimum Gasteiger partial charge on any atom is -0.497 e. The molecule has 2 fully saturated rings. The molecule has 1 aliphatic carbocycles. The van der Waals surface area contributed by atoms with Crippen molar-refractivity contribution in [2.45, 2.75) is 57.6 Å². The molecule has 1 saturated carbocycles. The second kappa shape index (κ2) is 10.1. The summed E-state index contributed by atoms with van der Waals surface area (Å²) in [4.78, 5) is 7.34. The SMILES string of the molecule is CCNC(=NCc1ccc(OC)cc1OC1CCCC1)N1CCC(c2cnn(C)c2)C1. The second-order valence-electron chi connectivity index (χ2n) is 8.55. The van der Waals surface area contributed by atoms with E-state index in [1.54, 1.807) is 7.11 Å². The van der Waals surface area contributed by atoms with E-state index in [-0.39, 0.29) is 0 Å². The van der Waals surface area contributed by atoms with Crippen LogP contribution >= 0.6 is 0 Å². The fourth-order valence-electron chi connectivity index (χ4n) is 4.55. The van der Waals surface area contributed by atoms with Gasteiger partial charge < -0.3 is 19.7 Å². The number of rotatable bonds is 7. The molecule has 168 valence electrons. The third kappa shape index (κ3) is 5.32. The van der Waals surface area contributed by atoms with Gasteiger partial charge in [-0.15, -0.1) is 0 Å². The normalized spacial score (nSPS) is 19.8. The van der Waals surface area contributed by atoms with Crippen molar-refractivity contribution in [1.29, 1.82) is 0 Å². The Morgan fingerprint density at radius 3 is 2.81 bits per heavy atom. The molecular weight excluding hydrogens is 390 g/mol. The largest absolute Gasteiger partial charge is 0.497 e. The van der Waals surface area contributed by atoms with E-state index < -0.39 is 0 Å². The average Bonchev–Trinajstić information content (AvgIpc) is 3.54. The Balaban J connectivity index is 1.48. The number of nitrogens with zero attached hydrogens (tertiary/aromatic N) is 4. The fraction of sp³-hybridized carbons (Fsp3) is 0.583. The number of guanidine groups is 1. The van der Waals surface area contributed by atoms with Crippen LogP contribution in [0.1, 0.15) is 56.1 Å². The van der Waals surface area contributed by atoms with Crippen LogP contribution in [0.3, 0.4) is 0 Å². The lowest BCUT2D eigenvalue weighted by Crippen LogP contribution is -2.40. The van der Waals surface area contributed by atoms with E-state index in [0.29, 0.717) is 18.6 Å². The van der Waals surface area contributed by atoms with Crippen molar-refractivity contribution < 1.29 is 9.47 Å². The number of likely N-dealkylation sites (tertiary alicyclic amines) is 1. The quantitative estimate of drug-likeness (QED) is 0.541. The molecule has 1 atom stereocenters. The first kappa shape index (κ1) is 21.5. The number of aliphatic imine (C=N–C) groups is 1. The minimum absolute atomic E-state index is 0.307. The topological polar surface area (TPSA) is 63.9 Å². The van der Waals surface area contributed by atoms with Crippen molar-refractivity contribution in [2.24, 2.45) is 12.0 Å². The van der Waals surface area contributed by atoms with Crippen molar-refractivity contribution in [3.63, 3.8) is 0 Å². The van der Waals surface area contributed by atoms with Crippen LogP contribution in [-0.4, -0.2) is 53.5 Å². The number of ether oxygens (including phenoxy) is 2. The van der Waals surface area contributed by atoms with Crippen molar-refractivity contribution in [3.8, 4) is 11.5 Å². The molecule has 7 nitrogen and oxygen atoms in total. The van der Waals surface area contributed by atoms with E-state index in [9.17, 15) is 0 Å². The summed E-state index contributed by atoms with van der Waals surface area (Å²) in [5.41, 5.74) is 2.41. The standard InChI is InChI=1S/C24H35N5O2/c1-4-25-24(29-12-11-19(17-29)20-15-27-28(2)16-20)26-14-18-9-10-22(30-3)13-23(18)31-21-7-5-6-8-21/h9-10,13,15-16,19,21H,4-8,11-12,14,17H2,1-3H3,(H,25,26). The molecule has 2 aromatic rings. The summed E-state index contributed by atoms with van der Waals surface area (Å²) in [5.74, 6) is 3.20. The summed E-state index contributed by atoms with van der Waals surface area (Å²) >= 11 is 0. The van der Waals surface area contributed by atoms with E-state index in [2.05, 4.69) is 34.5 Å². The Kier molecular flexibility index (Phi) is 6.99. The molecule has 1 saturated heterocycles. The Labute approximate surface area is 185 Å². The van der Waals surface area contributed by atoms with Crippen molar-refractivity contribution >= 4 is 5.96 Å². The molecule has 1 unspecified atom stereocenters. The fourth-order valence-corrected chi connectivity index (χ4v) is 4.55. The van der Waals surface area contributed by atoms with Gasteiger partial charge in [-0.3, -0.25) is 4.68 Å². The molecule has 1 aromatic carbocycles. The predicted molar refractivity (Wildman–Crippen MR) is 123 cm³/mol. The maximum atomic E-state index is 6.35. The van der Waals surface area contributed by atoms with E-state index in [4.69, 9.17) is 14.5 Å². The number of hydrogen-bond donors (Lipinski definition) is 1. The highest BCUT2D eigenvalue weighted by atomic mass is 16.5. The first-order chi connectivity index (χ1) is 15.2. The van der Waals surface area contributed by atoms with Crippen molar-refractivity contribution in [1.82, 2.24) is 20.0 Å². The van der Waals surface area contributed by atoms with Gasteiger partial charge in [0.15, 0.2) is 5.96 Å². The summed E-state index contributed by atoms with van der Waals surface area (Å²) in [7, 11) is 3.67. The lowest BCUT2D eigenvalue weighted by molar-refractivity contribution is 0.207. The molecule has 2 aliphatic rings. The molecular formula is C24H35N5O2. The van der Waals surface area contributed by atoms with Crippen LogP contribution in [0, 0.1) is 0 Å². The molecule has 1 aliphatic heterocycles. The molecule has 2 heterocycles. The van der Waals surface area contributed by atoms with Crippen LogP contribution in [0.25, 0.3) is 0 Å². The zero-order valence-electron chi connectivity index (χ0n) is 19.0. The highest BCUT2D eigenvalue weighted by Gasteiger charge is 2.27. The van der Waals surface area contributed by atoms with Gasteiger partial charge in [-0.25, -0.2) is 4.99 Å². The molecule has 0 bridgehead atoms. The number of hydrogen-bond acceptors (Lipinski definition) is 4. The Hall–Kier alpha value is -2.70. The monoisotopic (exact) mass is 425 g/mol. The first-order valence-corrected chi connectivity index (χ1v) is 11.5. The van der Waals surface area contributed by atoms with Crippen LogP contribution in [0.15, 0.2) is 35.6 Å². The van der Waals surface area contributed by atoms with Gasteiger partial charge in [-0.05, 0) is 56.7 Å². The summed E-state index contributed by atoms with van der Waals surface area (Å²) in [6.07, 6.45) is 10.3. The number of nitrogens with one attached hydrogen (secondary N) is 1. The number of aryl methyl sites for hydroxylation is 1. The smallest absolute Gasteiger partial charge is 0.194 e. The van der Waals surface area contributed by atoms with Gasteiger partial charge >= 0.3 is 0 Å². The van der Waals surface area contributed by atoms with E-state index in [1.807, 2.05) is 30.1 Å². The lowest BCUT2D eigenvalue weighted by atomic mass is 10.0. The molecule has 1 N–H and O–H groups in total. The first-order valence-electron chi connectivity index (χ1n) is 11.5. The van der Waals surface area contributed by atoms with Gasteiger partial charge in [-0.2, -0.15) is 5.10 Å². The van der Waals surface area contributed by atoms with Gasteiger partial charge in [0, 0.05) is 50.4 Å². The summed E-state index contributed by atoms with van der Waals surface area (Å²) in [6, 6.07) is 6.08. The molecule has 0 amide bonds. The number of aromatic nitrogens is 2. The van der Waals surface area contributed by atoms with Gasteiger partial charge in [0.25, 0.3) is 0 Å². The van der Waals surface area contributed by atoms with Crippen LogP contribution in [0.2, 0.25) is 0 Å².